The molecule has 0 aromatic heterocycles. The molecule has 2 rings (SSSR count). The number of carboxylic acids is 1. The van der Waals surface area contributed by atoms with Crippen molar-refractivity contribution < 1.29 is 18.3 Å². The number of halogens is 2. The number of hydrogen-bond donors (Lipinski definition) is 1. The molecular formula is C14H16Cl2O4S. The summed E-state index contributed by atoms with van der Waals surface area (Å²) in [7, 11) is -3.67. The van der Waals surface area contributed by atoms with Crippen molar-refractivity contribution in [3.63, 3.8) is 0 Å². The summed E-state index contributed by atoms with van der Waals surface area (Å²) in [5.74, 6) is -0.780. The largest absolute Gasteiger partial charge is 0.478 e. The van der Waals surface area contributed by atoms with Crippen LogP contribution in [0, 0.1) is 5.92 Å². The smallest absolute Gasteiger partial charge is 0.337 e. The SMILES string of the molecule is CC1CCC(S(=O)(=O)c2cc(Cl)cc(C(=O)O)c2Cl)CC1. The van der Waals surface area contributed by atoms with E-state index in [1.807, 2.05) is 0 Å². The fraction of sp³-hybridized carbons (Fsp3) is 0.500. The lowest BCUT2D eigenvalue weighted by atomic mass is 9.91. The van der Waals surface area contributed by atoms with E-state index in [0.717, 1.165) is 18.9 Å². The molecule has 0 radical (unpaired) electrons. The van der Waals surface area contributed by atoms with Crippen molar-refractivity contribution in [3.8, 4) is 0 Å². The molecule has 21 heavy (non-hydrogen) atoms. The van der Waals surface area contributed by atoms with Crippen LogP contribution in [-0.2, 0) is 9.84 Å². The van der Waals surface area contributed by atoms with Gasteiger partial charge in [-0.1, -0.05) is 30.1 Å². The van der Waals surface area contributed by atoms with Gasteiger partial charge in [0, 0.05) is 5.02 Å². The van der Waals surface area contributed by atoms with E-state index in [9.17, 15) is 13.2 Å². The second kappa shape index (κ2) is 6.15. The number of sulfone groups is 1. The van der Waals surface area contributed by atoms with E-state index in [1.165, 1.54) is 6.07 Å². The molecule has 0 heterocycles. The van der Waals surface area contributed by atoms with Crippen LogP contribution in [0.5, 0.6) is 0 Å². The van der Waals surface area contributed by atoms with Crippen LogP contribution >= 0.6 is 23.2 Å². The van der Waals surface area contributed by atoms with E-state index >= 15 is 0 Å². The third kappa shape index (κ3) is 3.35. The van der Waals surface area contributed by atoms with Gasteiger partial charge in [0.05, 0.1) is 20.7 Å². The second-order valence-electron chi connectivity index (χ2n) is 5.50. The fourth-order valence-corrected chi connectivity index (χ4v) is 5.34. The van der Waals surface area contributed by atoms with Gasteiger partial charge in [-0.05, 0) is 43.7 Å². The molecule has 0 amide bonds. The normalized spacial score (nSPS) is 23.0. The first-order valence-electron chi connectivity index (χ1n) is 6.69. The molecule has 0 aliphatic heterocycles. The highest BCUT2D eigenvalue weighted by Gasteiger charge is 2.33. The third-order valence-corrected chi connectivity index (χ3v) is 6.96. The van der Waals surface area contributed by atoms with Gasteiger partial charge < -0.3 is 5.11 Å². The van der Waals surface area contributed by atoms with Gasteiger partial charge in [0.2, 0.25) is 0 Å². The van der Waals surface area contributed by atoms with Gasteiger partial charge in [-0.15, -0.1) is 0 Å². The molecule has 1 aliphatic carbocycles. The van der Waals surface area contributed by atoms with Crippen LogP contribution in [0.1, 0.15) is 43.0 Å². The molecule has 0 saturated heterocycles. The van der Waals surface area contributed by atoms with Crippen molar-refractivity contribution in [3.05, 3.63) is 27.7 Å². The Bertz CT molecular complexity index is 662. The molecule has 1 aromatic carbocycles. The van der Waals surface area contributed by atoms with Crippen molar-refractivity contribution in [2.24, 2.45) is 5.92 Å². The van der Waals surface area contributed by atoms with Crippen molar-refractivity contribution in [2.45, 2.75) is 42.8 Å². The van der Waals surface area contributed by atoms with E-state index in [0.29, 0.717) is 18.8 Å². The van der Waals surface area contributed by atoms with E-state index in [4.69, 9.17) is 28.3 Å². The first-order chi connectivity index (χ1) is 9.73. The Morgan fingerprint density at radius 3 is 2.29 bits per heavy atom. The van der Waals surface area contributed by atoms with E-state index in [2.05, 4.69) is 6.92 Å². The number of hydrogen-bond acceptors (Lipinski definition) is 3. The number of rotatable bonds is 3. The summed E-state index contributed by atoms with van der Waals surface area (Å²) in [5, 5.41) is 8.36. The summed E-state index contributed by atoms with van der Waals surface area (Å²) in [6.07, 6.45) is 2.81. The number of aromatic carboxylic acids is 1. The van der Waals surface area contributed by atoms with Crippen molar-refractivity contribution in [1.82, 2.24) is 0 Å². The Labute approximate surface area is 134 Å². The first-order valence-corrected chi connectivity index (χ1v) is 9.00. The summed E-state index contributed by atoms with van der Waals surface area (Å²) in [5.41, 5.74) is -0.285. The van der Waals surface area contributed by atoms with E-state index in [1.54, 1.807) is 0 Å². The van der Waals surface area contributed by atoms with Gasteiger partial charge in [0.25, 0.3) is 0 Å². The highest BCUT2D eigenvalue weighted by molar-refractivity contribution is 7.92. The van der Waals surface area contributed by atoms with Crippen LogP contribution in [0.4, 0.5) is 0 Å². The Morgan fingerprint density at radius 2 is 1.76 bits per heavy atom. The van der Waals surface area contributed by atoms with Crippen LogP contribution in [-0.4, -0.2) is 24.7 Å². The zero-order valence-electron chi connectivity index (χ0n) is 11.5. The average molecular weight is 351 g/mol. The Kier molecular flexibility index (Phi) is 4.85. The van der Waals surface area contributed by atoms with Crippen LogP contribution in [0.15, 0.2) is 17.0 Å². The summed E-state index contributed by atoms with van der Waals surface area (Å²) in [6, 6.07) is 2.40. The maximum absolute atomic E-state index is 12.7. The average Bonchev–Trinajstić information content (AvgIpc) is 2.41. The minimum absolute atomic E-state index is 0.0551. The lowest BCUT2D eigenvalue weighted by Crippen LogP contribution is -2.27. The summed E-state index contributed by atoms with van der Waals surface area (Å²) in [4.78, 5) is 11.0. The zero-order valence-corrected chi connectivity index (χ0v) is 13.8. The monoisotopic (exact) mass is 350 g/mol. The predicted octanol–water partition coefficient (Wildman–Crippen LogP) is 4.04. The molecule has 1 N–H and O–H groups in total. The van der Waals surface area contributed by atoms with Gasteiger partial charge in [0.1, 0.15) is 0 Å². The molecule has 0 bridgehead atoms. The van der Waals surface area contributed by atoms with Gasteiger partial charge in [-0.2, -0.15) is 0 Å². The molecule has 1 aliphatic rings. The highest BCUT2D eigenvalue weighted by atomic mass is 35.5. The maximum atomic E-state index is 12.7. The highest BCUT2D eigenvalue weighted by Crippen LogP contribution is 2.36. The van der Waals surface area contributed by atoms with Crippen LogP contribution in [0.25, 0.3) is 0 Å². The lowest BCUT2D eigenvalue weighted by molar-refractivity contribution is 0.0697. The minimum Gasteiger partial charge on any atom is -0.478 e. The van der Waals surface area contributed by atoms with Gasteiger partial charge in [-0.25, -0.2) is 13.2 Å². The number of carboxylic acid groups (broad SMARTS) is 1. The molecule has 1 fully saturated rings. The van der Waals surface area contributed by atoms with E-state index in [-0.39, 0.29) is 20.5 Å². The quantitative estimate of drug-likeness (QED) is 0.892. The van der Waals surface area contributed by atoms with Gasteiger partial charge >= 0.3 is 5.97 Å². The number of benzene rings is 1. The number of carbonyl (C=O) groups is 1. The second-order valence-corrected chi connectivity index (χ2v) is 8.51. The minimum atomic E-state index is -3.67. The van der Waals surface area contributed by atoms with Crippen LogP contribution in [0.2, 0.25) is 10.0 Å². The lowest BCUT2D eigenvalue weighted by Gasteiger charge is -2.26. The van der Waals surface area contributed by atoms with Crippen molar-refractivity contribution in [1.29, 1.82) is 0 Å². The molecule has 116 valence electrons. The molecule has 4 nitrogen and oxygen atoms in total. The zero-order chi connectivity index (χ0) is 15.8. The third-order valence-electron chi connectivity index (χ3n) is 3.94. The van der Waals surface area contributed by atoms with Crippen molar-refractivity contribution >= 4 is 39.0 Å². The summed E-state index contributed by atoms with van der Waals surface area (Å²) in [6.45, 7) is 2.09. The molecule has 0 unspecified atom stereocenters. The van der Waals surface area contributed by atoms with Gasteiger partial charge in [-0.3, -0.25) is 0 Å². The molecule has 1 saturated carbocycles. The standard InChI is InChI=1S/C14H16Cl2O4S/c1-8-2-4-10(5-3-8)21(19,20)12-7-9(15)6-11(13(12)16)14(17)18/h6-8,10H,2-5H2,1H3,(H,17,18). The van der Waals surface area contributed by atoms with Crippen LogP contribution in [0.3, 0.4) is 0 Å². The Hall–Kier alpha value is -0.780. The molecular weight excluding hydrogens is 335 g/mol. The fourth-order valence-electron chi connectivity index (χ4n) is 2.65. The topological polar surface area (TPSA) is 71.4 Å². The molecule has 7 heteroatoms. The summed E-state index contributed by atoms with van der Waals surface area (Å²) >= 11 is 11.8. The van der Waals surface area contributed by atoms with Gasteiger partial charge in [0.15, 0.2) is 9.84 Å². The maximum Gasteiger partial charge on any atom is 0.337 e. The van der Waals surface area contributed by atoms with Crippen molar-refractivity contribution in [2.75, 3.05) is 0 Å². The summed E-state index contributed by atoms with van der Waals surface area (Å²) < 4.78 is 25.4. The molecule has 0 atom stereocenters. The van der Waals surface area contributed by atoms with Crippen LogP contribution < -0.4 is 0 Å². The molecule has 0 spiro atoms. The molecule has 1 aromatic rings. The van der Waals surface area contributed by atoms with E-state index < -0.39 is 21.1 Å². The Morgan fingerprint density at radius 1 is 1.19 bits per heavy atom. The predicted molar refractivity (Wildman–Crippen MR) is 82.0 cm³/mol. The first kappa shape index (κ1) is 16.6. The Balaban J connectivity index is 2.47.